The summed E-state index contributed by atoms with van der Waals surface area (Å²) in [7, 11) is 3.53. The molecule has 0 unspecified atom stereocenters. The highest BCUT2D eigenvalue weighted by atomic mass is 16.6. The summed E-state index contributed by atoms with van der Waals surface area (Å²) in [5, 5.41) is 0. The van der Waals surface area contributed by atoms with Gasteiger partial charge in [0.2, 0.25) is 0 Å². The Morgan fingerprint density at radius 1 is 1.29 bits per heavy atom. The number of methoxy groups -OCH3 is 2. The zero-order chi connectivity index (χ0) is 16.3. The van der Waals surface area contributed by atoms with E-state index in [1.165, 1.54) is 11.1 Å². The van der Waals surface area contributed by atoms with Crippen LogP contribution < -0.4 is 0 Å². The highest BCUT2D eigenvalue weighted by molar-refractivity contribution is 6.03. The van der Waals surface area contributed by atoms with Crippen LogP contribution in [-0.4, -0.2) is 37.8 Å². The van der Waals surface area contributed by atoms with E-state index in [1.807, 2.05) is 13.2 Å². The fourth-order valence-corrected chi connectivity index (χ4v) is 7.05. The quantitative estimate of drug-likeness (QED) is 0.783. The van der Waals surface area contributed by atoms with Crippen LogP contribution in [-0.2, 0) is 19.0 Å². The van der Waals surface area contributed by atoms with Gasteiger partial charge in [-0.1, -0.05) is 0 Å². The van der Waals surface area contributed by atoms with Gasteiger partial charge in [0.1, 0.15) is 11.4 Å². The predicted octanol–water partition coefficient (Wildman–Crippen LogP) is 2.70. The minimum absolute atomic E-state index is 0.105. The van der Waals surface area contributed by atoms with Crippen molar-refractivity contribution in [3.63, 3.8) is 0 Å². The first-order valence-electron chi connectivity index (χ1n) is 9.06. The smallest absolute Gasteiger partial charge is 0.163 e. The Bertz CT molecular complexity index is 775. The first kappa shape index (κ1) is 13.9. The summed E-state index contributed by atoms with van der Waals surface area (Å²) in [6.45, 7) is 0. The van der Waals surface area contributed by atoms with Crippen molar-refractivity contribution in [2.75, 3.05) is 14.2 Å². The molecule has 1 spiro atoms. The number of ketones is 1. The normalized spacial score (nSPS) is 50.0. The van der Waals surface area contributed by atoms with E-state index in [1.54, 1.807) is 7.11 Å². The third-order valence-corrected chi connectivity index (χ3v) is 7.90. The van der Waals surface area contributed by atoms with Crippen LogP contribution in [0.4, 0.5) is 0 Å². The highest BCUT2D eigenvalue weighted by Crippen LogP contribution is 2.74. The van der Waals surface area contributed by atoms with E-state index in [0.717, 1.165) is 37.0 Å². The third-order valence-electron chi connectivity index (χ3n) is 7.90. The molecule has 24 heavy (non-hydrogen) atoms. The Labute approximate surface area is 141 Å². The van der Waals surface area contributed by atoms with Gasteiger partial charge in [0.25, 0.3) is 0 Å². The van der Waals surface area contributed by atoms with Crippen LogP contribution in [0.3, 0.4) is 0 Å². The predicted molar refractivity (Wildman–Crippen MR) is 86.1 cm³/mol. The van der Waals surface area contributed by atoms with Gasteiger partial charge in [-0.2, -0.15) is 0 Å². The monoisotopic (exact) mass is 326 g/mol. The Morgan fingerprint density at radius 3 is 2.96 bits per heavy atom. The maximum atomic E-state index is 13.1. The van der Waals surface area contributed by atoms with E-state index in [9.17, 15) is 4.79 Å². The topological polar surface area (TPSA) is 44.8 Å². The molecule has 6 aliphatic carbocycles. The molecule has 0 radical (unpaired) electrons. The molecular formula is C20H22O4. The Morgan fingerprint density at radius 2 is 2.17 bits per heavy atom. The van der Waals surface area contributed by atoms with Gasteiger partial charge in [-0.25, -0.2) is 0 Å². The molecule has 0 amide bonds. The van der Waals surface area contributed by atoms with E-state index in [2.05, 4.69) is 6.08 Å². The maximum absolute atomic E-state index is 13.1. The van der Waals surface area contributed by atoms with Crippen molar-refractivity contribution in [1.82, 2.24) is 0 Å². The van der Waals surface area contributed by atoms with Crippen LogP contribution in [0.25, 0.3) is 0 Å². The number of hydrogen-bond donors (Lipinski definition) is 0. The molecule has 4 saturated carbocycles. The summed E-state index contributed by atoms with van der Waals surface area (Å²) in [4.78, 5) is 13.1. The summed E-state index contributed by atoms with van der Waals surface area (Å²) in [5.74, 6) is 1.93. The van der Waals surface area contributed by atoms with Gasteiger partial charge in [-0.05, 0) is 60.3 Å². The molecule has 1 heterocycles. The fraction of sp³-hybridized carbons (Fsp3) is 0.650. The molecule has 7 rings (SSSR count). The first-order valence-corrected chi connectivity index (χ1v) is 9.06. The fourth-order valence-electron chi connectivity index (χ4n) is 7.05. The molecule has 0 aromatic rings. The lowest BCUT2D eigenvalue weighted by atomic mass is 9.44. The number of fused-ring (bicyclic) bond motifs is 2. The number of hydrogen-bond acceptors (Lipinski definition) is 4. The maximum Gasteiger partial charge on any atom is 0.163 e. The molecule has 1 saturated heterocycles. The van der Waals surface area contributed by atoms with Gasteiger partial charge in [0.15, 0.2) is 5.78 Å². The molecule has 0 N–H and O–H groups in total. The summed E-state index contributed by atoms with van der Waals surface area (Å²) in [5.41, 5.74) is 3.48. The Balaban J connectivity index is 1.61. The Kier molecular flexibility index (Phi) is 2.34. The van der Waals surface area contributed by atoms with Crippen LogP contribution in [0.5, 0.6) is 0 Å². The van der Waals surface area contributed by atoms with Gasteiger partial charge in [-0.15, -0.1) is 0 Å². The van der Waals surface area contributed by atoms with Crippen LogP contribution >= 0.6 is 0 Å². The minimum atomic E-state index is -0.136. The van der Waals surface area contributed by atoms with Crippen molar-refractivity contribution in [2.24, 2.45) is 17.3 Å². The number of rotatable bonds is 2. The van der Waals surface area contributed by atoms with Crippen molar-refractivity contribution in [3.05, 3.63) is 34.6 Å². The molecule has 5 fully saturated rings. The SMILES string of the molecule is COC1=CCC2=C3C(=C1)C(=O)C[C@@]14CC[C@]5(OC)[C@@H]([C@@H]2O[C@@H]5C1)[C@@H]34. The second-order valence-electron chi connectivity index (χ2n) is 8.39. The first-order chi connectivity index (χ1) is 11.6. The molecule has 7 aliphatic rings. The number of allylic oxidation sites excluding steroid dienone is 4. The average Bonchev–Trinajstić information content (AvgIpc) is 2.94. The second kappa shape index (κ2) is 4.05. The summed E-state index contributed by atoms with van der Waals surface area (Å²) < 4.78 is 18.2. The summed E-state index contributed by atoms with van der Waals surface area (Å²) in [6, 6.07) is 0. The number of Topliss-reactive ketones (excluding diaryl/α,β-unsaturated/α-hetero) is 1. The lowest BCUT2D eigenvalue weighted by molar-refractivity contribution is -0.194. The van der Waals surface area contributed by atoms with Crippen LogP contribution in [0.1, 0.15) is 32.1 Å². The zero-order valence-corrected chi connectivity index (χ0v) is 14.1. The molecular weight excluding hydrogens is 304 g/mol. The van der Waals surface area contributed by atoms with Crippen molar-refractivity contribution in [2.45, 2.75) is 49.9 Å². The van der Waals surface area contributed by atoms with E-state index < -0.39 is 0 Å². The van der Waals surface area contributed by atoms with Crippen molar-refractivity contribution < 1.29 is 19.0 Å². The van der Waals surface area contributed by atoms with Gasteiger partial charge >= 0.3 is 0 Å². The third kappa shape index (κ3) is 1.25. The van der Waals surface area contributed by atoms with E-state index in [-0.39, 0.29) is 23.2 Å². The van der Waals surface area contributed by atoms with Gasteiger partial charge < -0.3 is 14.2 Å². The molecule has 4 nitrogen and oxygen atoms in total. The number of carbonyl (C=O) groups excluding carboxylic acids is 1. The standard InChI is InChI=1S/C20H22O4/c1-22-10-3-4-11-15-12(7-10)13(21)8-19-5-6-20(23-2)14(9-19)24-18(11)17(20)16(15)19/h3,7,14,16-18H,4-6,8-9H2,1-2H3/t14-,16-,17-,18-,19+,20-/m1/s1. The average molecular weight is 326 g/mol. The van der Waals surface area contributed by atoms with E-state index in [0.29, 0.717) is 24.0 Å². The number of ether oxygens (including phenoxy) is 3. The number of carbonyl (C=O) groups is 1. The van der Waals surface area contributed by atoms with Crippen LogP contribution in [0.15, 0.2) is 34.6 Å². The highest BCUT2D eigenvalue weighted by Gasteiger charge is 2.76. The molecule has 0 aromatic carbocycles. The van der Waals surface area contributed by atoms with Crippen LogP contribution in [0, 0.1) is 17.3 Å². The lowest BCUT2D eigenvalue weighted by Crippen LogP contribution is -2.64. The second-order valence-corrected chi connectivity index (χ2v) is 8.39. The molecule has 0 aromatic heterocycles. The van der Waals surface area contributed by atoms with E-state index >= 15 is 0 Å². The summed E-state index contributed by atoms with van der Waals surface area (Å²) >= 11 is 0. The lowest BCUT2D eigenvalue weighted by Gasteiger charge is -2.61. The van der Waals surface area contributed by atoms with Crippen LogP contribution in [0.2, 0.25) is 0 Å². The van der Waals surface area contributed by atoms with Crippen molar-refractivity contribution in [1.29, 1.82) is 0 Å². The molecule has 1 aliphatic heterocycles. The van der Waals surface area contributed by atoms with E-state index in [4.69, 9.17) is 14.2 Å². The van der Waals surface area contributed by atoms with Gasteiger partial charge in [0.05, 0.1) is 19.3 Å². The van der Waals surface area contributed by atoms with Crippen molar-refractivity contribution >= 4 is 5.78 Å². The summed E-state index contributed by atoms with van der Waals surface area (Å²) in [6.07, 6.45) is 8.96. The molecule has 4 bridgehead atoms. The van der Waals surface area contributed by atoms with Gasteiger partial charge in [-0.3, -0.25) is 4.79 Å². The minimum Gasteiger partial charge on any atom is -0.497 e. The van der Waals surface area contributed by atoms with Crippen molar-refractivity contribution in [3.8, 4) is 0 Å². The molecule has 126 valence electrons. The zero-order valence-electron chi connectivity index (χ0n) is 14.1. The molecule has 4 heteroatoms. The molecule has 6 atom stereocenters. The van der Waals surface area contributed by atoms with Gasteiger partial charge in [0, 0.05) is 25.0 Å². The Hall–Kier alpha value is -1.39. The largest absolute Gasteiger partial charge is 0.497 e.